The molecule has 0 aliphatic carbocycles. The molecule has 5 amide bonds. The molecule has 236 valence electrons. The van der Waals surface area contributed by atoms with Gasteiger partial charge in [-0.15, -0.1) is 5.10 Å². The van der Waals surface area contributed by atoms with E-state index in [0.717, 1.165) is 25.0 Å². The summed E-state index contributed by atoms with van der Waals surface area (Å²) in [6, 6.07) is 6.47. The Morgan fingerprint density at radius 3 is 2.55 bits per heavy atom. The lowest BCUT2D eigenvalue weighted by Gasteiger charge is -2.16. The fraction of sp³-hybridized carbons (Fsp3) is 0.517. The number of amides is 5. The number of benzene rings is 1. The van der Waals surface area contributed by atoms with Crippen LogP contribution in [0.15, 0.2) is 30.5 Å². The van der Waals surface area contributed by atoms with Crippen LogP contribution in [0.2, 0.25) is 0 Å². The third kappa shape index (κ3) is 10.2. The average Bonchev–Trinajstić information content (AvgIpc) is 3.72. The zero-order valence-electron chi connectivity index (χ0n) is 24.4. The summed E-state index contributed by atoms with van der Waals surface area (Å²) in [6.45, 7) is 1.03. The van der Waals surface area contributed by atoms with Crippen LogP contribution < -0.4 is 26.6 Å². The maximum Gasteiger partial charge on any atom is 0.315 e. The molecule has 2 fully saturated rings. The van der Waals surface area contributed by atoms with Crippen molar-refractivity contribution < 1.29 is 28.8 Å². The first-order chi connectivity index (χ1) is 21.3. The third-order valence-corrected chi connectivity index (χ3v) is 8.89. The summed E-state index contributed by atoms with van der Waals surface area (Å²) in [6.07, 6.45) is 6.65. The van der Waals surface area contributed by atoms with Crippen molar-refractivity contribution in [1.82, 2.24) is 36.3 Å². The molecule has 0 saturated carbocycles. The van der Waals surface area contributed by atoms with Gasteiger partial charge in [0, 0.05) is 60.8 Å². The number of carbonyl (C=O) groups excluding carboxylic acids is 6. The van der Waals surface area contributed by atoms with E-state index in [-0.39, 0.29) is 54.1 Å². The van der Waals surface area contributed by atoms with E-state index in [0.29, 0.717) is 61.9 Å². The number of carbonyl (C=O) groups is 6. The monoisotopic (exact) mass is 626 g/mol. The second-order valence-electron chi connectivity index (χ2n) is 10.8. The molecule has 0 radical (unpaired) electrons. The van der Waals surface area contributed by atoms with Crippen LogP contribution in [-0.4, -0.2) is 87.0 Å². The number of hydrogen-bond acceptors (Lipinski definition) is 9. The van der Waals surface area contributed by atoms with Crippen LogP contribution in [0.4, 0.5) is 10.5 Å². The van der Waals surface area contributed by atoms with E-state index in [4.69, 9.17) is 0 Å². The molecule has 3 atom stereocenters. The minimum Gasteiger partial charge on any atom is -0.354 e. The maximum atomic E-state index is 12.3. The first-order valence-corrected chi connectivity index (χ1v) is 15.9. The Morgan fingerprint density at radius 1 is 1.00 bits per heavy atom. The highest BCUT2D eigenvalue weighted by Crippen LogP contribution is 2.33. The number of anilines is 1. The van der Waals surface area contributed by atoms with Gasteiger partial charge in [0.05, 0.1) is 24.3 Å². The second kappa shape index (κ2) is 16.5. The van der Waals surface area contributed by atoms with Gasteiger partial charge < -0.3 is 26.6 Å². The van der Waals surface area contributed by atoms with Gasteiger partial charge in [0.15, 0.2) is 6.29 Å². The summed E-state index contributed by atoms with van der Waals surface area (Å²) < 4.78 is 1.56. The van der Waals surface area contributed by atoms with Gasteiger partial charge >= 0.3 is 6.03 Å². The number of aldehydes is 1. The molecule has 2 aliphatic rings. The van der Waals surface area contributed by atoms with Crippen LogP contribution in [0.3, 0.4) is 0 Å². The Labute approximate surface area is 259 Å². The number of nitrogens with zero attached hydrogens (tertiary/aromatic N) is 3. The number of Topliss-reactive ketones (excluding diaryl/α,β-unsaturated/α-hetero) is 1. The molecular formula is C29H38N8O6S. The van der Waals surface area contributed by atoms with Gasteiger partial charge in [-0.2, -0.15) is 11.8 Å². The van der Waals surface area contributed by atoms with Gasteiger partial charge in [0.2, 0.25) is 23.5 Å². The number of fused-ring (bicyclic) bond motifs is 1. The Kier molecular flexibility index (Phi) is 12.3. The highest BCUT2D eigenvalue weighted by Gasteiger charge is 2.42. The van der Waals surface area contributed by atoms with Crippen LogP contribution in [0.1, 0.15) is 61.0 Å². The van der Waals surface area contributed by atoms with Crippen molar-refractivity contribution in [2.45, 2.75) is 75.2 Å². The number of thioether (sulfide) groups is 1. The lowest BCUT2D eigenvalue weighted by molar-refractivity contribution is -0.123. The fourth-order valence-corrected chi connectivity index (χ4v) is 6.65. The molecule has 2 aromatic rings. The molecule has 3 heterocycles. The smallest absolute Gasteiger partial charge is 0.315 e. The van der Waals surface area contributed by atoms with Crippen molar-refractivity contribution in [2.24, 2.45) is 0 Å². The van der Waals surface area contributed by atoms with Crippen molar-refractivity contribution in [2.75, 3.05) is 24.2 Å². The third-order valence-electron chi connectivity index (χ3n) is 7.38. The number of urea groups is 1. The lowest BCUT2D eigenvalue weighted by Crippen LogP contribution is -2.36. The Bertz CT molecular complexity index is 1350. The molecular weight excluding hydrogens is 588 g/mol. The predicted molar refractivity (Wildman–Crippen MR) is 163 cm³/mol. The molecule has 15 heteroatoms. The van der Waals surface area contributed by atoms with Crippen molar-refractivity contribution >= 4 is 53.3 Å². The van der Waals surface area contributed by atoms with Crippen LogP contribution >= 0.6 is 11.8 Å². The number of nitrogens with one attached hydrogen (secondary N) is 5. The average molecular weight is 627 g/mol. The van der Waals surface area contributed by atoms with Gasteiger partial charge in [0.1, 0.15) is 0 Å². The normalized spacial score (nSPS) is 18.5. The molecule has 0 bridgehead atoms. The zero-order valence-corrected chi connectivity index (χ0v) is 25.2. The topological polar surface area (TPSA) is 193 Å². The highest BCUT2D eigenvalue weighted by atomic mass is 32.2. The van der Waals surface area contributed by atoms with Crippen molar-refractivity contribution in [3.63, 3.8) is 0 Å². The van der Waals surface area contributed by atoms with E-state index >= 15 is 0 Å². The summed E-state index contributed by atoms with van der Waals surface area (Å²) in [5, 5.41) is 22.8. The minimum atomic E-state index is -0.659. The van der Waals surface area contributed by atoms with Crippen LogP contribution in [0.5, 0.6) is 0 Å². The van der Waals surface area contributed by atoms with Crippen LogP contribution in [-0.2, 0) is 32.1 Å². The molecule has 2 aliphatic heterocycles. The van der Waals surface area contributed by atoms with Crippen LogP contribution in [0, 0.1) is 0 Å². The largest absolute Gasteiger partial charge is 0.354 e. The summed E-state index contributed by atoms with van der Waals surface area (Å²) in [7, 11) is 0. The van der Waals surface area contributed by atoms with E-state index in [2.05, 4.69) is 36.9 Å². The first-order valence-electron chi connectivity index (χ1n) is 14.8. The van der Waals surface area contributed by atoms with Gasteiger partial charge in [-0.1, -0.05) is 23.8 Å². The Morgan fingerprint density at radius 2 is 1.77 bits per heavy atom. The number of aromatic nitrogens is 3. The predicted octanol–water partition coefficient (Wildman–Crippen LogP) is 0.969. The molecule has 14 nitrogen and oxygen atoms in total. The number of rotatable bonds is 18. The quantitative estimate of drug-likeness (QED) is 0.0527. The Hall–Kier alpha value is -4.27. The van der Waals surface area contributed by atoms with Crippen molar-refractivity contribution in [3.05, 3.63) is 41.7 Å². The molecule has 5 N–H and O–H groups in total. The van der Waals surface area contributed by atoms with E-state index < -0.39 is 5.78 Å². The van der Waals surface area contributed by atoms with Crippen molar-refractivity contribution in [1.29, 1.82) is 0 Å². The number of ketones is 1. The van der Waals surface area contributed by atoms with Gasteiger partial charge in [0.25, 0.3) is 0 Å². The number of hydrogen-bond donors (Lipinski definition) is 5. The lowest BCUT2D eigenvalue weighted by atomic mass is 10.0. The van der Waals surface area contributed by atoms with E-state index in [1.807, 2.05) is 11.8 Å². The first kappa shape index (κ1) is 32.6. The molecule has 1 aromatic heterocycles. The van der Waals surface area contributed by atoms with Gasteiger partial charge in [-0.05, 0) is 37.8 Å². The standard InChI is InChI=1S/C29H38N8O6S/c38-17-23(39)19-5-3-6-20(15-19)32-27(42)11-14-37-16-21(35-36-37)7-4-10-26(41)31-13-12-30-25(40)9-2-1-8-24-28-22(18-44-24)33-29(43)34-28/h3,5-6,15-17,22,24,28H,1-2,4,7-14,18H2,(H,30,40)(H,31,41)(H,32,42)(H2,33,34,43)/t22?,24-,28-/m0/s1. The SMILES string of the molecule is O=CC(=O)c1cccc(NC(=O)CCn2cc(CCCC(=O)NCCNC(=O)CCCC[C@@H]3SCC4NC(=O)N[C@@H]43)nn2)c1. The van der Waals surface area contributed by atoms with E-state index in [1.54, 1.807) is 23.0 Å². The van der Waals surface area contributed by atoms with Crippen LogP contribution in [0.25, 0.3) is 0 Å². The summed E-state index contributed by atoms with van der Waals surface area (Å²) in [5.74, 6) is -0.149. The van der Waals surface area contributed by atoms with Gasteiger partial charge in [-0.3, -0.25) is 28.7 Å². The van der Waals surface area contributed by atoms with E-state index in [1.165, 1.54) is 12.1 Å². The Balaban J connectivity index is 1.00. The highest BCUT2D eigenvalue weighted by molar-refractivity contribution is 8.00. The summed E-state index contributed by atoms with van der Waals surface area (Å²) >= 11 is 1.87. The molecule has 0 spiro atoms. The molecule has 1 aromatic carbocycles. The number of unbranched alkanes of at least 4 members (excludes halogenated alkanes) is 1. The summed E-state index contributed by atoms with van der Waals surface area (Å²) in [5.41, 5.74) is 1.34. The van der Waals surface area contributed by atoms with Gasteiger partial charge in [-0.25, -0.2) is 4.79 Å². The minimum absolute atomic E-state index is 0.0344. The zero-order chi connectivity index (χ0) is 31.3. The fourth-order valence-electron chi connectivity index (χ4n) is 5.10. The van der Waals surface area contributed by atoms with Crippen molar-refractivity contribution in [3.8, 4) is 0 Å². The summed E-state index contributed by atoms with van der Waals surface area (Å²) in [4.78, 5) is 70.2. The second-order valence-corrected chi connectivity index (χ2v) is 12.0. The molecule has 2 saturated heterocycles. The number of aryl methyl sites for hydroxylation is 2. The molecule has 1 unspecified atom stereocenters. The van der Waals surface area contributed by atoms with E-state index in [9.17, 15) is 28.8 Å². The molecule has 4 rings (SSSR count). The molecule has 44 heavy (non-hydrogen) atoms. The maximum absolute atomic E-state index is 12.3.